The third-order valence-corrected chi connectivity index (χ3v) is 5.29. The average Bonchev–Trinajstić information content (AvgIpc) is 2.68. The van der Waals surface area contributed by atoms with E-state index in [1.54, 1.807) is 0 Å². The molecule has 0 aliphatic carbocycles. The van der Waals surface area contributed by atoms with E-state index >= 15 is 0 Å². The van der Waals surface area contributed by atoms with Gasteiger partial charge in [0.2, 0.25) is 0 Å². The highest BCUT2D eigenvalue weighted by Crippen LogP contribution is 2.37. The fourth-order valence-electron chi connectivity index (χ4n) is 3.94. The molecule has 2 aliphatic heterocycles. The SMILES string of the molecule is Cc1ccccc1C1c2ccccc2CCN1C(=O)N1CCOCC1. The van der Waals surface area contributed by atoms with Crippen LogP contribution in [-0.4, -0.2) is 48.7 Å². The number of carbonyl (C=O) groups is 1. The first kappa shape index (κ1) is 16.2. The lowest BCUT2D eigenvalue weighted by atomic mass is 9.86. The van der Waals surface area contributed by atoms with Crippen LogP contribution in [0.25, 0.3) is 0 Å². The summed E-state index contributed by atoms with van der Waals surface area (Å²) in [5.74, 6) is 0. The van der Waals surface area contributed by atoms with Crippen LogP contribution in [0.15, 0.2) is 48.5 Å². The van der Waals surface area contributed by atoms with Crippen LogP contribution >= 0.6 is 0 Å². The van der Waals surface area contributed by atoms with Gasteiger partial charge in [0, 0.05) is 19.6 Å². The molecule has 2 heterocycles. The molecular formula is C21H24N2O2. The van der Waals surface area contributed by atoms with Crippen LogP contribution in [0.5, 0.6) is 0 Å². The quantitative estimate of drug-likeness (QED) is 0.800. The Morgan fingerprint density at radius 3 is 2.40 bits per heavy atom. The van der Waals surface area contributed by atoms with Crippen molar-refractivity contribution in [2.45, 2.75) is 19.4 Å². The maximum Gasteiger partial charge on any atom is 0.320 e. The molecule has 0 bridgehead atoms. The molecule has 1 saturated heterocycles. The summed E-state index contributed by atoms with van der Waals surface area (Å²) in [7, 11) is 0. The van der Waals surface area contributed by atoms with Crippen molar-refractivity contribution in [1.82, 2.24) is 9.80 Å². The second kappa shape index (κ2) is 6.89. The molecule has 4 nitrogen and oxygen atoms in total. The summed E-state index contributed by atoms with van der Waals surface area (Å²) in [5.41, 5.74) is 5.05. The lowest BCUT2D eigenvalue weighted by molar-refractivity contribution is 0.0400. The molecular weight excluding hydrogens is 312 g/mol. The minimum absolute atomic E-state index is 0.0125. The van der Waals surface area contributed by atoms with Crippen molar-refractivity contribution in [2.24, 2.45) is 0 Å². The largest absolute Gasteiger partial charge is 0.378 e. The minimum atomic E-state index is -0.0125. The Bertz CT molecular complexity index is 768. The zero-order valence-corrected chi connectivity index (χ0v) is 14.6. The van der Waals surface area contributed by atoms with Crippen LogP contribution in [0, 0.1) is 6.92 Å². The Morgan fingerprint density at radius 1 is 0.960 bits per heavy atom. The van der Waals surface area contributed by atoms with Crippen molar-refractivity contribution in [3.63, 3.8) is 0 Å². The predicted molar refractivity (Wildman–Crippen MR) is 97.7 cm³/mol. The molecule has 1 atom stereocenters. The summed E-state index contributed by atoms with van der Waals surface area (Å²) in [5, 5.41) is 0. The van der Waals surface area contributed by atoms with E-state index in [2.05, 4.69) is 60.4 Å². The lowest BCUT2D eigenvalue weighted by Crippen LogP contribution is -2.51. The maximum absolute atomic E-state index is 13.3. The highest BCUT2D eigenvalue weighted by Gasteiger charge is 2.35. The summed E-state index contributed by atoms with van der Waals surface area (Å²) in [4.78, 5) is 17.2. The van der Waals surface area contributed by atoms with Gasteiger partial charge < -0.3 is 14.5 Å². The van der Waals surface area contributed by atoms with E-state index in [1.807, 2.05) is 4.90 Å². The molecule has 1 fully saturated rings. The Balaban J connectivity index is 1.75. The van der Waals surface area contributed by atoms with Gasteiger partial charge in [-0.25, -0.2) is 4.79 Å². The number of hydrogen-bond acceptors (Lipinski definition) is 2. The van der Waals surface area contributed by atoms with Gasteiger partial charge in [-0.05, 0) is 35.6 Å². The van der Waals surface area contributed by atoms with E-state index in [-0.39, 0.29) is 12.1 Å². The van der Waals surface area contributed by atoms with Gasteiger partial charge in [-0.15, -0.1) is 0 Å². The van der Waals surface area contributed by atoms with Gasteiger partial charge in [0.05, 0.1) is 19.3 Å². The van der Waals surface area contributed by atoms with Crippen LogP contribution in [0.1, 0.15) is 28.3 Å². The molecule has 2 amide bonds. The van der Waals surface area contributed by atoms with Gasteiger partial charge in [-0.2, -0.15) is 0 Å². The molecule has 0 spiro atoms. The van der Waals surface area contributed by atoms with E-state index in [4.69, 9.17) is 4.74 Å². The molecule has 130 valence electrons. The molecule has 0 N–H and O–H groups in total. The number of amides is 2. The molecule has 0 saturated carbocycles. The van der Waals surface area contributed by atoms with Crippen LogP contribution in [0.2, 0.25) is 0 Å². The first-order valence-electron chi connectivity index (χ1n) is 9.02. The monoisotopic (exact) mass is 336 g/mol. The zero-order valence-electron chi connectivity index (χ0n) is 14.6. The molecule has 4 rings (SSSR count). The summed E-state index contributed by atoms with van der Waals surface area (Å²) < 4.78 is 5.41. The Morgan fingerprint density at radius 2 is 1.64 bits per heavy atom. The van der Waals surface area contributed by atoms with Crippen molar-refractivity contribution < 1.29 is 9.53 Å². The number of carbonyl (C=O) groups excluding carboxylic acids is 1. The third kappa shape index (κ3) is 3.02. The van der Waals surface area contributed by atoms with Gasteiger partial charge in [0.1, 0.15) is 0 Å². The lowest BCUT2D eigenvalue weighted by Gasteiger charge is -2.41. The first-order chi connectivity index (χ1) is 12.3. The Kier molecular flexibility index (Phi) is 4.45. The molecule has 1 unspecified atom stereocenters. The molecule has 0 aromatic heterocycles. The smallest absolute Gasteiger partial charge is 0.320 e. The first-order valence-corrected chi connectivity index (χ1v) is 9.02. The van der Waals surface area contributed by atoms with E-state index < -0.39 is 0 Å². The number of benzene rings is 2. The van der Waals surface area contributed by atoms with Gasteiger partial charge in [-0.3, -0.25) is 0 Å². The molecule has 2 aliphatic rings. The number of nitrogens with zero attached hydrogens (tertiary/aromatic N) is 2. The summed E-state index contributed by atoms with van der Waals surface area (Å²) in [6.45, 7) is 5.50. The van der Waals surface area contributed by atoms with Crippen molar-refractivity contribution in [3.8, 4) is 0 Å². The van der Waals surface area contributed by atoms with Crippen LogP contribution < -0.4 is 0 Å². The fraction of sp³-hybridized carbons (Fsp3) is 0.381. The fourth-order valence-corrected chi connectivity index (χ4v) is 3.94. The van der Waals surface area contributed by atoms with Gasteiger partial charge in [0.25, 0.3) is 0 Å². The molecule has 0 radical (unpaired) electrons. The van der Waals surface area contributed by atoms with Crippen molar-refractivity contribution in [1.29, 1.82) is 0 Å². The summed E-state index contributed by atoms with van der Waals surface area (Å²) in [6, 6.07) is 17.1. The second-order valence-electron chi connectivity index (χ2n) is 6.78. The Hall–Kier alpha value is -2.33. The van der Waals surface area contributed by atoms with E-state index in [0.717, 1.165) is 13.0 Å². The summed E-state index contributed by atoms with van der Waals surface area (Å²) in [6.07, 6.45) is 0.911. The third-order valence-electron chi connectivity index (χ3n) is 5.29. The normalized spacial score (nSPS) is 20.3. The van der Waals surface area contributed by atoms with Gasteiger partial charge in [-0.1, -0.05) is 48.5 Å². The van der Waals surface area contributed by atoms with Crippen molar-refractivity contribution in [3.05, 3.63) is 70.8 Å². The van der Waals surface area contributed by atoms with Crippen molar-refractivity contribution >= 4 is 6.03 Å². The minimum Gasteiger partial charge on any atom is -0.378 e. The number of fused-ring (bicyclic) bond motifs is 1. The summed E-state index contributed by atoms with van der Waals surface area (Å²) >= 11 is 0. The molecule has 4 heteroatoms. The van der Waals surface area contributed by atoms with E-state index in [9.17, 15) is 4.79 Å². The standard InChI is InChI=1S/C21H24N2O2/c1-16-6-2-4-8-18(16)20-19-9-5-3-7-17(19)10-11-23(20)21(24)22-12-14-25-15-13-22/h2-9,20H,10-15H2,1H3. The molecule has 2 aromatic rings. The number of morpholine rings is 1. The highest BCUT2D eigenvalue weighted by atomic mass is 16.5. The maximum atomic E-state index is 13.3. The average molecular weight is 336 g/mol. The van der Waals surface area contributed by atoms with Crippen LogP contribution in [-0.2, 0) is 11.2 Å². The second-order valence-corrected chi connectivity index (χ2v) is 6.78. The molecule has 2 aromatic carbocycles. The van der Waals surface area contributed by atoms with Crippen molar-refractivity contribution in [2.75, 3.05) is 32.8 Å². The van der Waals surface area contributed by atoms with Gasteiger partial charge >= 0.3 is 6.03 Å². The zero-order chi connectivity index (χ0) is 17.2. The number of rotatable bonds is 1. The number of ether oxygens (including phenoxy) is 1. The number of hydrogen-bond donors (Lipinski definition) is 0. The highest BCUT2D eigenvalue weighted by molar-refractivity contribution is 5.76. The molecule has 25 heavy (non-hydrogen) atoms. The number of urea groups is 1. The van der Waals surface area contributed by atoms with E-state index in [1.165, 1.54) is 22.3 Å². The van der Waals surface area contributed by atoms with Gasteiger partial charge in [0.15, 0.2) is 0 Å². The van der Waals surface area contributed by atoms with Crippen LogP contribution in [0.4, 0.5) is 4.79 Å². The topological polar surface area (TPSA) is 32.8 Å². The van der Waals surface area contributed by atoms with Crippen LogP contribution in [0.3, 0.4) is 0 Å². The van der Waals surface area contributed by atoms with E-state index in [0.29, 0.717) is 26.3 Å². The predicted octanol–water partition coefficient (Wildman–Crippen LogP) is 3.39. The number of aryl methyl sites for hydroxylation is 1. The Labute approximate surface area is 149 Å².